The first kappa shape index (κ1) is 37.2. The Kier molecular flexibility index (Phi) is 9.63. The summed E-state index contributed by atoms with van der Waals surface area (Å²) in [6.45, 7) is 18.7. The largest absolute Gasteiger partial charge is 0.212 e. The highest BCUT2D eigenvalue weighted by Gasteiger charge is 2.26. The minimum absolute atomic E-state index is 0.338. The molecule has 0 atom stereocenters. The van der Waals surface area contributed by atoms with E-state index in [4.69, 9.17) is 44.9 Å². The minimum atomic E-state index is -0.423. The molecule has 0 aliphatic carbocycles. The molecule has 0 radical (unpaired) electrons. The monoisotopic (exact) mass is 729 g/mol. The van der Waals surface area contributed by atoms with Crippen molar-refractivity contribution < 1.29 is 4.39 Å². The molecule has 0 saturated heterocycles. The van der Waals surface area contributed by atoms with Crippen molar-refractivity contribution in [3.8, 4) is 68.3 Å². The number of halogens is 1. The number of nitrogens with zero attached hydrogens (tertiary/aromatic N) is 9. The topological polar surface area (TPSA) is 116 Å². The van der Waals surface area contributed by atoms with E-state index in [2.05, 4.69) is 62.3 Å². The summed E-state index contributed by atoms with van der Waals surface area (Å²) in [7, 11) is 0. The first-order valence-corrected chi connectivity index (χ1v) is 18.3. The molecule has 0 fully saturated rings. The summed E-state index contributed by atoms with van der Waals surface area (Å²) in [5.41, 5.74) is 3.36. The Balaban J connectivity index is 1.53. The standard InChI is InChI=1S/C45H44FN9/c1-43(2,3)40-50-34(27-16-12-10-13-17-27)47-37(53-40)30-24-31(38-48-35(28-18-14-11-15-19-28)51-41(54-38)44(4,5)6)26-32(25-30)39-49-36(29-20-22-33(46)23-21-29)52-42(55-39)45(7,8)9/h10-26H,1-9H3. The number of rotatable bonds is 6. The molecule has 0 unspecified atom stereocenters. The van der Waals surface area contributed by atoms with Gasteiger partial charge in [0.2, 0.25) is 0 Å². The van der Waals surface area contributed by atoms with Crippen LogP contribution in [0.5, 0.6) is 0 Å². The molecule has 0 spiro atoms. The Bertz CT molecular complexity index is 2360. The van der Waals surface area contributed by atoms with Crippen LogP contribution in [0, 0.1) is 5.82 Å². The van der Waals surface area contributed by atoms with Crippen LogP contribution in [-0.4, -0.2) is 44.9 Å². The van der Waals surface area contributed by atoms with Gasteiger partial charge in [-0.1, -0.05) is 123 Å². The fourth-order valence-corrected chi connectivity index (χ4v) is 5.70. The first-order chi connectivity index (χ1) is 26.0. The SMILES string of the molecule is CC(C)(C)c1nc(-c2ccccc2)nc(-c2cc(-c3nc(-c4ccccc4)nc(C(C)(C)C)n3)cc(-c3nc(-c4ccc(F)cc4)nc(C(C)(C)C)n3)c2)n1. The van der Waals surface area contributed by atoms with Crippen molar-refractivity contribution in [2.24, 2.45) is 0 Å². The Hall–Kier alpha value is -6.16. The lowest BCUT2D eigenvalue weighted by Crippen LogP contribution is -2.18. The predicted molar refractivity (Wildman–Crippen MR) is 215 cm³/mol. The number of benzene rings is 4. The van der Waals surface area contributed by atoms with E-state index in [0.717, 1.165) is 11.1 Å². The molecule has 55 heavy (non-hydrogen) atoms. The van der Waals surface area contributed by atoms with Crippen molar-refractivity contribution in [2.75, 3.05) is 0 Å². The van der Waals surface area contributed by atoms with Crippen molar-refractivity contribution in [1.82, 2.24) is 44.9 Å². The van der Waals surface area contributed by atoms with Gasteiger partial charge < -0.3 is 0 Å². The van der Waals surface area contributed by atoms with Crippen molar-refractivity contribution in [1.29, 1.82) is 0 Å². The van der Waals surface area contributed by atoms with Gasteiger partial charge in [-0.05, 0) is 42.5 Å². The average molecular weight is 730 g/mol. The van der Waals surface area contributed by atoms with Crippen LogP contribution in [0.4, 0.5) is 4.39 Å². The van der Waals surface area contributed by atoms with Gasteiger partial charge in [0.1, 0.15) is 23.3 Å². The molecule has 0 aliphatic rings. The predicted octanol–water partition coefficient (Wildman–Crippen LogP) is 10.3. The molecule has 0 aliphatic heterocycles. The van der Waals surface area contributed by atoms with Crippen LogP contribution < -0.4 is 0 Å². The van der Waals surface area contributed by atoms with Gasteiger partial charge in [-0.2, -0.15) is 0 Å². The van der Waals surface area contributed by atoms with E-state index in [-0.39, 0.29) is 16.6 Å². The van der Waals surface area contributed by atoms with Crippen molar-refractivity contribution in [3.63, 3.8) is 0 Å². The zero-order chi connectivity index (χ0) is 39.1. The van der Waals surface area contributed by atoms with Gasteiger partial charge in [-0.3, -0.25) is 0 Å². The smallest absolute Gasteiger partial charge is 0.163 e. The zero-order valence-electron chi connectivity index (χ0n) is 32.7. The maximum atomic E-state index is 14.0. The van der Waals surface area contributed by atoms with Crippen LogP contribution >= 0.6 is 0 Å². The highest BCUT2D eigenvalue weighted by atomic mass is 19.1. The maximum Gasteiger partial charge on any atom is 0.163 e. The van der Waals surface area contributed by atoms with Gasteiger partial charge in [0, 0.05) is 49.6 Å². The first-order valence-electron chi connectivity index (χ1n) is 18.3. The average Bonchev–Trinajstić information content (AvgIpc) is 3.17. The van der Waals surface area contributed by atoms with Gasteiger partial charge in [-0.15, -0.1) is 0 Å². The normalized spacial score (nSPS) is 12.2. The quantitative estimate of drug-likeness (QED) is 0.165. The van der Waals surface area contributed by atoms with Gasteiger partial charge in [0.05, 0.1) is 0 Å². The lowest BCUT2D eigenvalue weighted by atomic mass is 9.95. The summed E-state index contributed by atoms with van der Waals surface area (Å²) in [5.74, 6) is 4.53. The third-order valence-corrected chi connectivity index (χ3v) is 8.79. The Morgan fingerprint density at radius 1 is 0.309 bits per heavy atom. The van der Waals surface area contributed by atoms with Gasteiger partial charge in [0.15, 0.2) is 34.9 Å². The second-order valence-corrected chi connectivity index (χ2v) is 16.7. The fraction of sp³-hybridized carbons (Fsp3) is 0.267. The van der Waals surface area contributed by atoms with Crippen molar-refractivity contribution in [2.45, 2.75) is 78.6 Å². The van der Waals surface area contributed by atoms with Crippen LogP contribution in [0.3, 0.4) is 0 Å². The zero-order valence-corrected chi connectivity index (χ0v) is 32.7. The van der Waals surface area contributed by atoms with E-state index < -0.39 is 5.41 Å². The molecule has 10 heteroatoms. The third-order valence-electron chi connectivity index (χ3n) is 8.79. The van der Waals surface area contributed by atoms with Gasteiger partial charge in [-0.25, -0.2) is 49.2 Å². The molecular formula is C45H44FN9. The van der Waals surface area contributed by atoms with Crippen molar-refractivity contribution >= 4 is 0 Å². The molecule has 276 valence electrons. The molecule has 7 rings (SSSR count). The lowest BCUT2D eigenvalue weighted by molar-refractivity contribution is 0.543. The van der Waals surface area contributed by atoms with Crippen LogP contribution in [0.25, 0.3) is 68.3 Å². The maximum absolute atomic E-state index is 14.0. The van der Waals surface area contributed by atoms with E-state index in [9.17, 15) is 4.39 Å². The molecule has 3 heterocycles. The molecule has 3 aromatic heterocycles. The fourth-order valence-electron chi connectivity index (χ4n) is 5.70. The Morgan fingerprint density at radius 3 is 0.836 bits per heavy atom. The highest BCUT2D eigenvalue weighted by molar-refractivity contribution is 5.77. The van der Waals surface area contributed by atoms with Crippen LogP contribution in [-0.2, 0) is 16.2 Å². The van der Waals surface area contributed by atoms with E-state index in [1.165, 1.54) is 12.1 Å². The highest BCUT2D eigenvalue weighted by Crippen LogP contribution is 2.34. The van der Waals surface area contributed by atoms with Crippen molar-refractivity contribution in [3.05, 3.63) is 126 Å². The molecular weight excluding hydrogens is 686 g/mol. The van der Waals surface area contributed by atoms with E-state index in [1.54, 1.807) is 12.1 Å². The molecule has 7 aromatic rings. The summed E-state index contributed by atoms with van der Waals surface area (Å²) < 4.78 is 14.0. The summed E-state index contributed by atoms with van der Waals surface area (Å²) in [5, 5.41) is 0. The second-order valence-electron chi connectivity index (χ2n) is 16.7. The van der Waals surface area contributed by atoms with Crippen LogP contribution in [0.2, 0.25) is 0 Å². The summed E-state index contributed by atoms with van der Waals surface area (Å²) in [6.07, 6.45) is 0. The number of hydrogen-bond donors (Lipinski definition) is 0. The summed E-state index contributed by atoms with van der Waals surface area (Å²) in [4.78, 5) is 44.9. The minimum Gasteiger partial charge on any atom is -0.212 e. The molecule has 0 N–H and O–H groups in total. The Morgan fingerprint density at radius 2 is 0.564 bits per heavy atom. The molecule has 0 bridgehead atoms. The number of aromatic nitrogens is 9. The molecule has 0 saturated carbocycles. The summed E-state index contributed by atoms with van der Waals surface area (Å²) >= 11 is 0. The molecule has 0 amide bonds. The van der Waals surface area contributed by atoms with E-state index in [1.807, 2.05) is 78.9 Å². The van der Waals surface area contributed by atoms with Crippen LogP contribution in [0.1, 0.15) is 79.8 Å². The third kappa shape index (κ3) is 8.33. The van der Waals surface area contributed by atoms with E-state index in [0.29, 0.717) is 74.7 Å². The Labute approximate surface area is 321 Å². The molecule has 9 nitrogen and oxygen atoms in total. The van der Waals surface area contributed by atoms with Gasteiger partial charge >= 0.3 is 0 Å². The van der Waals surface area contributed by atoms with Gasteiger partial charge in [0.25, 0.3) is 0 Å². The number of hydrogen-bond acceptors (Lipinski definition) is 9. The van der Waals surface area contributed by atoms with E-state index >= 15 is 0 Å². The molecule has 4 aromatic carbocycles. The van der Waals surface area contributed by atoms with Crippen LogP contribution in [0.15, 0.2) is 103 Å². The lowest BCUT2D eigenvalue weighted by Gasteiger charge is -2.20. The second kappa shape index (κ2) is 14.2. The summed E-state index contributed by atoms with van der Waals surface area (Å²) in [6, 6.07) is 31.9.